The van der Waals surface area contributed by atoms with E-state index in [9.17, 15) is 28.8 Å². The lowest BCUT2D eigenvalue weighted by atomic mass is 9.76. The van der Waals surface area contributed by atoms with E-state index < -0.39 is 64.9 Å². The standard InChI is InChI=1S/C71H127N5O22/c1-12-71(8,9)62-55-65(79)76(69(62)82)56-64(78)74-66(57(2)3)68(81)72-58(4)67(80)73-61-19-17-59(18-20-63(77)70(5,6)7)60(54-61)16-13-21-75(22-14-24-85-30-32-89-38-40-93-46-48-97-52-50-95-44-42-91-36-34-87-28-26-83-10)23-15-25-86-31-33-90-39-41-94-47-49-98-53-51-96-45-43-92-37-35-88-29-27-84-11/h17,19,54,57-58,62,66H,12-16,18,20-53,55-56H2,1-11H3,(H,72,81)(H,73,80)(H,74,78)/t58-,62?,66-/m0/s1. The molecule has 1 unspecified atom stereocenters. The largest absolute Gasteiger partial charge is 0.382 e. The van der Waals surface area contributed by atoms with Gasteiger partial charge in [-0.2, -0.15) is 0 Å². The Kier molecular flexibility index (Phi) is 52.5. The van der Waals surface area contributed by atoms with Crippen LogP contribution in [0.15, 0.2) is 18.2 Å². The van der Waals surface area contributed by atoms with Gasteiger partial charge >= 0.3 is 0 Å². The quantitative estimate of drug-likeness (QED) is 0.0560. The van der Waals surface area contributed by atoms with Crippen LogP contribution in [0.1, 0.15) is 112 Å². The number of methoxy groups -OCH3 is 2. The van der Waals surface area contributed by atoms with Crippen LogP contribution in [0.25, 0.3) is 0 Å². The van der Waals surface area contributed by atoms with E-state index in [-0.39, 0.29) is 18.1 Å². The molecule has 0 radical (unpaired) electrons. The molecule has 3 atom stereocenters. The molecule has 98 heavy (non-hydrogen) atoms. The van der Waals surface area contributed by atoms with Gasteiger partial charge in [-0.25, -0.2) is 0 Å². The second-order valence-electron chi connectivity index (χ2n) is 25.8. The molecule has 0 bridgehead atoms. The minimum atomic E-state index is -1.05. The second-order valence-corrected chi connectivity index (χ2v) is 25.8. The van der Waals surface area contributed by atoms with Crippen LogP contribution < -0.4 is 16.0 Å². The topological polar surface area (TPSA) is 293 Å². The van der Waals surface area contributed by atoms with E-state index in [2.05, 4.69) is 20.9 Å². The summed E-state index contributed by atoms with van der Waals surface area (Å²) in [5.74, 6) is -3.29. The van der Waals surface area contributed by atoms with Crippen LogP contribution >= 0.6 is 0 Å². The Hall–Kier alpha value is -4.24. The van der Waals surface area contributed by atoms with E-state index in [1.807, 2.05) is 59.7 Å². The van der Waals surface area contributed by atoms with Crippen LogP contribution in [0.4, 0.5) is 5.69 Å². The average Bonchev–Trinajstić information content (AvgIpc) is 1.63. The third-order valence-corrected chi connectivity index (χ3v) is 16.1. The molecule has 1 fully saturated rings. The third kappa shape index (κ3) is 44.2. The van der Waals surface area contributed by atoms with Crippen LogP contribution in [0, 0.1) is 22.7 Å². The zero-order valence-corrected chi connectivity index (χ0v) is 61.6. The number of benzene rings is 1. The van der Waals surface area contributed by atoms with Crippen molar-refractivity contribution in [1.29, 1.82) is 0 Å². The van der Waals surface area contributed by atoms with E-state index >= 15 is 0 Å². The first-order valence-corrected chi connectivity index (χ1v) is 35.4. The molecule has 1 saturated heterocycles. The minimum Gasteiger partial charge on any atom is -0.382 e. The SMILES string of the molecule is CCC(C)(C)C1CC(=O)N(CC(=O)N[C@H](C(=O)N[C@@H](C)C(=O)Nc2ccc(CCC(=O)C(C)(C)C)c(CCCN(CCCOCCOCCOCCOCCOCCOCCOCCOC)CCCOCCOCCOCCOCCOCCOCCOCCOC)c2)C(C)C)C1=O. The lowest BCUT2D eigenvalue weighted by molar-refractivity contribution is -0.144. The van der Waals surface area contributed by atoms with Gasteiger partial charge in [-0.1, -0.05) is 67.9 Å². The van der Waals surface area contributed by atoms with Gasteiger partial charge in [0.05, 0.1) is 191 Å². The lowest BCUT2D eigenvalue weighted by Crippen LogP contribution is -2.55. The maximum atomic E-state index is 13.8. The summed E-state index contributed by atoms with van der Waals surface area (Å²) < 4.78 is 88.4. The highest BCUT2D eigenvalue weighted by Gasteiger charge is 2.46. The van der Waals surface area contributed by atoms with Gasteiger partial charge in [-0.05, 0) is 80.2 Å². The summed E-state index contributed by atoms with van der Waals surface area (Å²) in [6, 6.07) is 3.65. The molecule has 1 aliphatic heterocycles. The van der Waals surface area contributed by atoms with Crippen LogP contribution in [0.3, 0.4) is 0 Å². The minimum absolute atomic E-state index is 0.0298. The number of carbonyl (C=O) groups excluding carboxylic acids is 6. The molecule has 0 aromatic heterocycles. The number of amides is 5. The van der Waals surface area contributed by atoms with Gasteiger partial charge in [0.1, 0.15) is 24.4 Å². The van der Waals surface area contributed by atoms with Crippen LogP contribution in [0.2, 0.25) is 0 Å². The molecular formula is C71H127N5O22. The first-order valence-electron chi connectivity index (χ1n) is 35.4. The maximum Gasteiger partial charge on any atom is 0.246 e. The summed E-state index contributed by atoms with van der Waals surface area (Å²) in [5.41, 5.74) is 1.63. The Morgan fingerprint density at radius 3 is 1.24 bits per heavy atom. The molecule has 27 nitrogen and oxygen atoms in total. The molecule has 568 valence electrons. The Morgan fingerprint density at radius 2 is 0.878 bits per heavy atom. The van der Waals surface area contributed by atoms with Crippen molar-refractivity contribution >= 4 is 41.0 Å². The number of Topliss-reactive ketones (excluding diaryl/α,β-unsaturated/α-hetero) is 1. The first kappa shape index (κ1) is 89.8. The fourth-order valence-electron chi connectivity index (χ4n) is 9.76. The first-order chi connectivity index (χ1) is 47.2. The summed E-state index contributed by atoms with van der Waals surface area (Å²) in [6.45, 7) is 33.2. The zero-order valence-electron chi connectivity index (χ0n) is 61.6. The van der Waals surface area contributed by atoms with Crippen molar-refractivity contribution in [2.75, 3.05) is 244 Å². The zero-order chi connectivity index (χ0) is 71.9. The van der Waals surface area contributed by atoms with Gasteiger partial charge in [0.25, 0.3) is 0 Å². The van der Waals surface area contributed by atoms with Crippen LogP contribution in [-0.2, 0) is 117 Å². The van der Waals surface area contributed by atoms with Crippen LogP contribution in [-0.4, -0.2) is 296 Å². The summed E-state index contributed by atoms with van der Waals surface area (Å²) in [7, 11) is 3.27. The van der Waals surface area contributed by atoms with Gasteiger partial charge in [-0.15, -0.1) is 0 Å². The van der Waals surface area contributed by atoms with Crippen molar-refractivity contribution in [3.8, 4) is 0 Å². The van der Waals surface area contributed by atoms with Gasteiger partial charge in [0.2, 0.25) is 29.5 Å². The number of hydrogen-bond acceptors (Lipinski definition) is 23. The normalized spacial score (nSPS) is 14.3. The molecule has 2 rings (SSSR count). The summed E-state index contributed by atoms with van der Waals surface area (Å²) in [6.07, 6.45) is 4.66. The van der Waals surface area contributed by atoms with Gasteiger partial charge in [-0.3, -0.25) is 33.7 Å². The third-order valence-electron chi connectivity index (χ3n) is 16.1. The molecule has 3 N–H and O–H groups in total. The molecular weight excluding hydrogens is 1270 g/mol. The smallest absolute Gasteiger partial charge is 0.246 e. The highest BCUT2D eigenvalue weighted by Crippen LogP contribution is 2.38. The Balaban J connectivity index is 1.91. The number of likely N-dealkylation sites (tertiary alicyclic amines) is 1. The van der Waals surface area contributed by atoms with Crippen molar-refractivity contribution in [1.82, 2.24) is 20.4 Å². The predicted molar refractivity (Wildman–Crippen MR) is 370 cm³/mol. The highest BCUT2D eigenvalue weighted by atomic mass is 16.6. The highest BCUT2D eigenvalue weighted by molar-refractivity contribution is 6.06. The number of nitrogens with one attached hydrogen (secondary N) is 3. The number of aryl methyl sites for hydroxylation is 2. The van der Waals surface area contributed by atoms with Crippen LogP contribution in [0.5, 0.6) is 0 Å². The number of imide groups is 1. The summed E-state index contributed by atoms with van der Waals surface area (Å²) >= 11 is 0. The Bertz CT molecular complexity index is 2190. The van der Waals surface area contributed by atoms with E-state index in [0.717, 1.165) is 54.9 Å². The fraction of sp³-hybridized carbons (Fsp3) is 0.831. The second kappa shape index (κ2) is 57.3. The summed E-state index contributed by atoms with van der Waals surface area (Å²) in [4.78, 5) is 83.4. The summed E-state index contributed by atoms with van der Waals surface area (Å²) in [5, 5.41) is 8.41. The molecule has 0 spiro atoms. The van der Waals surface area contributed by atoms with E-state index in [4.69, 9.17) is 75.8 Å². The van der Waals surface area contributed by atoms with Crippen molar-refractivity contribution in [3.05, 3.63) is 29.3 Å². The van der Waals surface area contributed by atoms with Crippen molar-refractivity contribution < 1.29 is 105 Å². The van der Waals surface area contributed by atoms with E-state index in [1.165, 1.54) is 0 Å². The van der Waals surface area contributed by atoms with Gasteiger partial charge < -0.3 is 96.6 Å². The molecule has 1 aromatic rings. The number of nitrogens with zero attached hydrogens (tertiary/aromatic N) is 2. The Labute approximate surface area is 585 Å². The van der Waals surface area contributed by atoms with Crippen molar-refractivity contribution in [2.24, 2.45) is 22.7 Å². The molecule has 1 aromatic carbocycles. The molecule has 5 amide bonds. The van der Waals surface area contributed by atoms with Crippen molar-refractivity contribution in [3.63, 3.8) is 0 Å². The molecule has 0 aliphatic carbocycles. The monoisotopic (exact) mass is 1400 g/mol. The van der Waals surface area contributed by atoms with E-state index in [0.29, 0.717) is 230 Å². The Morgan fingerprint density at radius 1 is 0.500 bits per heavy atom. The maximum absolute atomic E-state index is 13.8. The van der Waals surface area contributed by atoms with Gasteiger partial charge in [0, 0.05) is 64.5 Å². The van der Waals surface area contributed by atoms with Gasteiger partial charge in [0.15, 0.2) is 0 Å². The molecule has 27 heteroatoms. The number of anilines is 1. The predicted octanol–water partition coefficient (Wildman–Crippen LogP) is 5.17. The lowest BCUT2D eigenvalue weighted by Gasteiger charge is -2.28. The molecule has 1 aliphatic rings. The van der Waals surface area contributed by atoms with Crippen molar-refractivity contribution in [2.45, 2.75) is 126 Å². The molecule has 1 heterocycles. The number of ether oxygens (including phenoxy) is 16. The number of rotatable bonds is 67. The number of ketones is 1. The molecule has 0 saturated carbocycles. The fourth-order valence-corrected chi connectivity index (χ4v) is 9.76. The average molecular weight is 1400 g/mol. The number of carbonyl (C=O) groups is 6. The number of hydrogen-bond donors (Lipinski definition) is 3. The van der Waals surface area contributed by atoms with E-state index in [1.54, 1.807) is 35.0 Å².